The van der Waals surface area contributed by atoms with Crippen LogP contribution in [0.4, 0.5) is 4.39 Å². The number of benzene rings is 2. The Morgan fingerprint density at radius 3 is 2.62 bits per heavy atom. The van der Waals surface area contributed by atoms with E-state index in [2.05, 4.69) is 20.7 Å². The van der Waals surface area contributed by atoms with Crippen LogP contribution < -0.4 is 10.6 Å². The number of hydrogen-bond acceptors (Lipinski definition) is 4. The fraction of sp³-hybridized carbons (Fsp3) is 0.200. The topological polar surface area (TPSA) is 88.9 Å². The number of nitrogens with zero attached hydrogens (tertiary/aromatic N) is 3. The number of aromatic nitrogens is 3. The first-order valence-electron chi connectivity index (χ1n) is 8.91. The van der Waals surface area contributed by atoms with Gasteiger partial charge in [-0.25, -0.2) is 14.1 Å². The highest BCUT2D eigenvalue weighted by Gasteiger charge is 2.13. The van der Waals surface area contributed by atoms with Gasteiger partial charge in [0.25, 0.3) is 5.91 Å². The molecule has 1 atom stereocenters. The molecule has 9 heteroatoms. The summed E-state index contributed by atoms with van der Waals surface area (Å²) in [6, 6.07) is 10.9. The van der Waals surface area contributed by atoms with Crippen LogP contribution in [0, 0.1) is 5.82 Å². The minimum Gasteiger partial charge on any atom is -0.351 e. The number of carbonyl (C=O) groups excluding carboxylic acids is 2. The van der Waals surface area contributed by atoms with E-state index in [-0.39, 0.29) is 35.5 Å². The van der Waals surface area contributed by atoms with E-state index in [9.17, 15) is 14.0 Å². The van der Waals surface area contributed by atoms with Crippen molar-refractivity contribution in [3.63, 3.8) is 0 Å². The summed E-state index contributed by atoms with van der Waals surface area (Å²) in [6.45, 7) is 2.01. The van der Waals surface area contributed by atoms with Crippen molar-refractivity contribution in [2.45, 2.75) is 19.4 Å². The largest absolute Gasteiger partial charge is 0.351 e. The Balaban J connectivity index is 1.47. The van der Waals surface area contributed by atoms with Gasteiger partial charge in [-0.15, -0.1) is 0 Å². The van der Waals surface area contributed by atoms with Gasteiger partial charge in [-0.2, -0.15) is 5.10 Å². The maximum atomic E-state index is 13.0. The molecule has 0 aliphatic heterocycles. The van der Waals surface area contributed by atoms with E-state index in [4.69, 9.17) is 11.6 Å². The van der Waals surface area contributed by atoms with E-state index in [1.165, 1.54) is 12.4 Å². The first-order valence-corrected chi connectivity index (χ1v) is 9.29. The molecule has 7 nitrogen and oxygen atoms in total. The van der Waals surface area contributed by atoms with Gasteiger partial charge in [0, 0.05) is 13.0 Å². The Bertz CT molecular complexity index is 993. The normalized spacial score (nSPS) is 11.7. The molecule has 2 amide bonds. The molecule has 3 rings (SSSR count). The molecular formula is C20H19ClFN5O2. The minimum absolute atomic E-state index is 0.0231. The van der Waals surface area contributed by atoms with Crippen LogP contribution in [0.1, 0.15) is 35.3 Å². The van der Waals surface area contributed by atoms with Gasteiger partial charge in [0.05, 0.1) is 22.3 Å². The molecule has 1 unspecified atom stereocenters. The van der Waals surface area contributed by atoms with Crippen LogP contribution in [-0.2, 0) is 4.79 Å². The molecular weight excluding hydrogens is 397 g/mol. The lowest BCUT2D eigenvalue weighted by Gasteiger charge is -2.15. The van der Waals surface area contributed by atoms with Crippen LogP contribution in [0.25, 0.3) is 5.69 Å². The fourth-order valence-corrected chi connectivity index (χ4v) is 2.97. The average molecular weight is 416 g/mol. The second kappa shape index (κ2) is 9.29. The third-order valence-corrected chi connectivity index (χ3v) is 4.58. The lowest BCUT2D eigenvalue weighted by atomic mass is 10.1. The van der Waals surface area contributed by atoms with Crippen LogP contribution in [-0.4, -0.2) is 33.1 Å². The standard InChI is InChI=1S/C20H19ClFN5O2/c1-13(14-2-5-16(6-3-14)27-12-23-11-25-27)26-19(28)8-9-24-20(29)17-7-4-15(22)10-18(17)21/h2-7,10-13H,8-9H2,1H3,(H,24,29)(H,26,28). The summed E-state index contributed by atoms with van der Waals surface area (Å²) in [5, 5.41) is 9.57. The van der Waals surface area contributed by atoms with Crippen molar-refractivity contribution in [2.75, 3.05) is 6.54 Å². The Morgan fingerprint density at radius 2 is 1.97 bits per heavy atom. The van der Waals surface area contributed by atoms with Crippen molar-refractivity contribution >= 4 is 23.4 Å². The second-order valence-electron chi connectivity index (χ2n) is 6.35. The van der Waals surface area contributed by atoms with Gasteiger partial charge in [0.15, 0.2) is 0 Å². The smallest absolute Gasteiger partial charge is 0.252 e. The summed E-state index contributed by atoms with van der Waals surface area (Å²) in [7, 11) is 0. The molecule has 0 saturated carbocycles. The minimum atomic E-state index is -0.519. The van der Waals surface area contributed by atoms with Crippen molar-refractivity contribution in [1.82, 2.24) is 25.4 Å². The molecule has 1 heterocycles. The predicted molar refractivity (Wildman–Crippen MR) is 106 cm³/mol. The van der Waals surface area contributed by atoms with E-state index in [1.54, 1.807) is 11.0 Å². The predicted octanol–water partition coefficient (Wildman–Crippen LogP) is 3.06. The van der Waals surface area contributed by atoms with E-state index >= 15 is 0 Å². The molecule has 0 saturated heterocycles. The van der Waals surface area contributed by atoms with E-state index < -0.39 is 11.7 Å². The van der Waals surface area contributed by atoms with E-state index in [1.807, 2.05) is 31.2 Å². The van der Waals surface area contributed by atoms with Crippen molar-refractivity contribution in [3.8, 4) is 5.69 Å². The Kier molecular flexibility index (Phi) is 6.56. The highest BCUT2D eigenvalue weighted by atomic mass is 35.5. The zero-order valence-electron chi connectivity index (χ0n) is 15.6. The molecule has 2 N–H and O–H groups in total. The van der Waals surface area contributed by atoms with Crippen LogP contribution in [0.2, 0.25) is 5.02 Å². The van der Waals surface area contributed by atoms with Gasteiger partial charge < -0.3 is 10.6 Å². The highest BCUT2D eigenvalue weighted by molar-refractivity contribution is 6.33. The van der Waals surface area contributed by atoms with Crippen LogP contribution in [0.5, 0.6) is 0 Å². The first kappa shape index (κ1) is 20.5. The van der Waals surface area contributed by atoms with Crippen molar-refractivity contribution in [2.24, 2.45) is 0 Å². The van der Waals surface area contributed by atoms with Crippen molar-refractivity contribution in [3.05, 3.63) is 77.1 Å². The third-order valence-electron chi connectivity index (χ3n) is 4.27. The zero-order chi connectivity index (χ0) is 20.8. The molecule has 3 aromatic rings. The molecule has 0 radical (unpaired) electrons. The summed E-state index contributed by atoms with van der Waals surface area (Å²) in [5.74, 6) is -1.18. The number of hydrogen-bond donors (Lipinski definition) is 2. The zero-order valence-corrected chi connectivity index (χ0v) is 16.4. The molecule has 0 aliphatic carbocycles. The van der Waals surface area contributed by atoms with Gasteiger partial charge in [-0.05, 0) is 42.8 Å². The van der Waals surface area contributed by atoms with E-state index in [0.717, 1.165) is 23.4 Å². The number of rotatable bonds is 7. The molecule has 29 heavy (non-hydrogen) atoms. The number of nitrogens with one attached hydrogen (secondary N) is 2. The maximum absolute atomic E-state index is 13.0. The van der Waals surface area contributed by atoms with Gasteiger partial charge in [0.2, 0.25) is 5.91 Å². The monoisotopic (exact) mass is 415 g/mol. The quantitative estimate of drug-likeness (QED) is 0.620. The SMILES string of the molecule is CC(NC(=O)CCNC(=O)c1ccc(F)cc1Cl)c1ccc(-n2cncn2)cc1. The Morgan fingerprint density at radius 1 is 1.21 bits per heavy atom. The van der Waals surface area contributed by atoms with Gasteiger partial charge in [-0.3, -0.25) is 9.59 Å². The molecule has 0 bridgehead atoms. The fourth-order valence-electron chi connectivity index (χ4n) is 2.71. The summed E-state index contributed by atoms with van der Waals surface area (Å²) < 4.78 is 14.7. The maximum Gasteiger partial charge on any atom is 0.252 e. The highest BCUT2D eigenvalue weighted by Crippen LogP contribution is 2.17. The summed E-state index contributed by atoms with van der Waals surface area (Å²) in [5.41, 5.74) is 1.96. The van der Waals surface area contributed by atoms with Crippen molar-refractivity contribution < 1.29 is 14.0 Å². The molecule has 0 fully saturated rings. The van der Waals surface area contributed by atoms with Crippen LogP contribution in [0.3, 0.4) is 0 Å². The van der Waals surface area contributed by atoms with E-state index in [0.29, 0.717) is 0 Å². The molecule has 150 valence electrons. The molecule has 1 aromatic heterocycles. The average Bonchev–Trinajstić information content (AvgIpc) is 3.22. The first-order chi connectivity index (χ1) is 13.9. The second-order valence-corrected chi connectivity index (χ2v) is 6.76. The number of carbonyl (C=O) groups is 2. The summed E-state index contributed by atoms with van der Waals surface area (Å²) in [6.07, 6.45) is 3.17. The van der Waals surface area contributed by atoms with Crippen LogP contribution >= 0.6 is 11.6 Å². The number of halogens is 2. The molecule has 0 spiro atoms. The summed E-state index contributed by atoms with van der Waals surface area (Å²) in [4.78, 5) is 28.1. The molecule has 2 aromatic carbocycles. The third kappa shape index (κ3) is 5.39. The van der Waals surface area contributed by atoms with Crippen molar-refractivity contribution in [1.29, 1.82) is 0 Å². The van der Waals surface area contributed by atoms with Crippen LogP contribution in [0.15, 0.2) is 55.1 Å². The molecule has 0 aliphatic rings. The lowest BCUT2D eigenvalue weighted by molar-refractivity contribution is -0.121. The summed E-state index contributed by atoms with van der Waals surface area (Å²) >= 11 is 5.86. The van der Waals surface area contributed by atoms with Gasteiger partial charge in [-0.1, -0.05) is 23.7 Å². The lowest BCUT2D eigenvalue weighted by Crippen LogP contribution is -2.32. The van der Waals surface area contributed by atoms with Gasteiger partial charge in [0.1, 0.15) is 18.5 Å². The number of amides is 2. The van der Waals surface area contributed by atoms with Gasteiger partial charge >= 0.3 is 0 Å². The Hall–Kier alpha value is -3.26. The Labute approximate surface area is 171 Å².